The van der Waals surface area contributed by atoms with Crippen LogP contribution in [0.3, 0.4) is 0 Å². The quantitative estimate of drug-likeness (QED) is 0.247. The Bertz CT molecular complexity index is 810. The molecule has 170 valence electrons. The number of esters is 3. The summed E-state index contributed by atoms with van der Waals surface area (Å²) >= 11 is 0. The standard InChI is InChI=1S/C19H23NO11/c1-10(21)27-9-15-16(28-11(2)22)17(26-4)18(29-12(3)23)19(31-15)30-14-7-5-13(6-8-14)20(24)25/h5-8,15-19H,9H2,1-4H3/t15-,16-,17+,18+,19+/m1/s1. The smallest absolute Gasteiger partial charge is 0.303 e. The number of nitrogens with zero attached hydrogens (tertiary/aromatic N) is 1. The van der Waals surface area contributed by atoms with Gasteiger partial charge in [-0.15, -0.1) is 0 Å². The van der Waals surface area contributed by atoms with Crippen molar-refractivity contribution in [1.29, 1.82) is 0 Å². The van der Waals surface area contributed by atoms with E-state index in [0.717, 1.165) is 0 Å². The zero-order chi connectivity index (χ0) is 23.1. The lowest BCUT2D eigenvalue weighted by Crippen LogP contribution is -2.63. The van der Waals surface area contributed by atoms with Gasteiger partial charge in [-0.2, -0.15) is 0 Å². The van der Waals surface area contributed by atoms with Crippen molar-refractivity contribution in [2.45, 2.75) is 51.5 Å². The van der Waals surface area contributed by atoms with Gasteiger partial charge < -0.3 is 28.4 Å². The van der Waals surface area contributed by atoms with Crippen LogP contribution in [-0.4, -0.2) is 67.3 Å². The molecule has 0 N–H and O–H groups in total. The Balaban J connectivity index is 2.34. The van der Waals surface area contributed by atoms with Crippen LogP contribution >= 0.6 is 0 Å². The Morgan fingerprint density at radius 3 is 2.03 bits per heavy atom. The molecule has 1 heterocycles. The summed E-state index contributed by atoms with van der Waals surface area (Å²) in [5.41, 5.74) is -0.147. The molecule has 2 rings (SSSR count). The highest BCUT2D eigenvalue weighted by atomic mass is 16.7. The zero-order valence-electron chi connectivity index (χ0n) is 17.3. The average molecular weight is 441 g/mol. The number of carbonyl (C=O) groups excluding carboxylic acids is 3. The second-order valence-corrected chi connectivity index (χ2v) is 6.56. The second kappa shape index (κ2) is 10.7. The summed E-state index contributed by atoms with van der Waals surface area (Å²) in [5, 5.41) is 10.8. The molecule has 0 aromatic heterocycles. The molecule has 0 bridgehead atoms. The summed E-state index contributed by atoms with van der Waals surface area (Å²) in [6.45, 7) is 3.25. The minimum absolute atomic E-state index is 0.147. The van der Waals surface area contributed by atoms with Crippen LogP contribution in [0.25, 0.3) is 0 Å². The first-order chi connectivity index (χ1) is 14.6. The number of nitro benzene ring substituents is 1. The Hall–Kier alpha value is -3.25. The van der Waals surface area contributed by atoms with Crippen molar-refractivity contribution in [2.75, 3.05) is 13.7 Å². The van der Waals surface area contributed by atoms with E-state index in [-0.39, 0.29) is 18.0 Å². The van der Waals surface area contributed by atoms with Gasteiger partial charge in [-0.3, -0.25) is 24.5 Å². The maximum absolute atomic E-state index is 11.7. The molecule has 0 amide bonds. The van der Waals surface area contributed by atoms with Crippen LogP contribution in [-0.2, 0) is 38.1 Å². The fourth-order valence-corrected chi connectivity index (χ4v) is 3.01. The number of nitro groups is 1. The summed E-state index contributed by atoms with van der Waals surface area (Å²) in [5.74, 6) is -1.73. The molecule has 1 aliphatic heterocycles. The number of carbonyl (C=O) groups is 3. The lowest BCUT2D eigenvalue weighted by molar-refractivity contribution is -0.384. The van der Waals surface area contributed by atoms with Crippen molar-refractivity contribution in [3.05, 3.63) is 34.4 Å². The van der Waals surface area contributed by atoms with E-state index in [9.17, 15) is 24.5 Å². The fraction of sp³-hybridized carbons (Fsp3) is 0.526. The summed E-state index contributed by atoms with van der Waals surface area (Å²) in [6.07, 6.45) is -5.54. The van der Waals surface area contributed by atoms with Gasteiger partial charge in [-0.05, 0) is 12.1 Å². The van der Waals surface area contributed by atoms with Crippen LogP contribution in [0.1, 0.15) is 20.8 Å². The number of hydrogen-bond acceptors (Lipinski definition) is 11. The minimum atomic E-state index is -1.26. The van der Waals surface area contributed by atoms with Crippen molar-refractivity contribution in [3.63, 3.8) is 0 Å². The van der Waals surface area contributed by atoms with Crippen LogP contribution in [0.2, 0.25) is 0 Å². The van der Waals surface area contributed by atoms with Gasteiger partial charge in [0, 0.05) is 40.0 Å². The Labute approximate surface area is 177 Å². The molecule has 1 fully saturated rings. The van der Waals surface area contributed by atoms with E-state index in [4.69, 9.17) is 28.4 Å². The molecule has 12 heteroatoms. The third kappa shape index (κ3) is 6.62. The lowest BCUT2D eigenvalue weighted by Gasteiger charge is -2.44. The number of benzene rings is 1. The number of rotatable bonds is 8. The van der Waals surface area contributed by atoms with Crippen molar-refractivity contribution in [2.24, 2.45) is 0 Å². The van der Waals surface area contributed by atoms with E-state index in [1.807, 2.05) is 0 Å². The molecular formula is C19H23NO11. The third-order valence-electron chi connectivity index (χ3n) is 4.22. The monoisotopic (exact) mass is 441 g/mol. The molecule has 1 aromatic rings. The first-order valence-electron chi connectivity index (χ1n) is 9.19. The van der Waals surface area contributed by atoms with Gasteiger partial charge in [0.1, 0.15) is 24.6 Å². The SMILES string of the molecule is CO[C@@H]1[C@H](OC(C)=O)[C@@H](Oc2ccc([N+](=O)[O-])cc2)O[C@H](COC(C)=O)[C@H]1OC(C)=O. The predicted octanol–water partition coefficient (Wildman–Crippen LogP) is 1.14. The molecule has 0 aliphatic carbocycles. The van der Waals surface area contributed by atoms with E-state index >= 15 is 0 Å². The molecule has 0 saturated carbocycles. The van der Waals surface area contributed by atoms with Gasteiger partial charge in [-0.1, -0.05) is 0 Å². The zero-order valence-corrected chi connectivity index (χ0v) is 17.3. The van der Waals surface area contributed by atoms with Crippen LogP contribution in [0.4, 0.5) is 5.69 Å². The molecule has 0 radical (unpaired) electrons. The second-order valence-electron chi connectivity index (χ2n) is 6.56. The van der Waals surface area contributed by atoms with E-state index in [0.29, 0.717) is 0 Å². The summed E-state index contributed by atoms with van der Waals surface area (Å²) in [4.78, 5) is 44.8. The van der Waals surface area contributed by atoms with Crippen LogP contribution in [0, 0.1) is 10.1 Å². The highest BCUT2D eigenvalue weighted by molar-refractivity contribution is 5.67. The van der Waals surface area contributed by atoms with Gasteiger partial charge in [-0.25, -0.2) is 0 Å². The molecule has 31 heavy (non-hydrogen) atoms. The number of non-ortho nitro benzene ring substituents is 1. The van der Waals surface area contributed by atoms with Crippen molar-refractivity contribution >= 4 is 23.6 Å². The first-order valence-corrected chi connectivity index (χ1v) is 9.19. The largest absolute Gasteiger partial charge is 0.463 e. The van der Waals surface area contributed by atoms with Crippen LogP contribution < -0.4 is 4.74 Å². The maximum Gasteiger partial charge on any atom is 0.303 e. The highest BCUT2D eigenvalue weighted by Crippen LogP contribution is 2.30. The van der Waals surface area contributed by atoms with E-state index in [2.05, 4.69) is 0 Å². The maximum atomic E-state index is 11.7. The van der Waals surface area contributed by atoms with Gasteiger partial charge in [0.05, 0.1) is 4.92 Å². The molecule has 1 aliphatic rings. The topological polar surface area (TPSA) is 150 Å². The predicted molar refractivity (Wildman–Crippen MR) is 101 cm³/mol. The van der Waals surface area contributed by atoms with Gasteiger partial charge in [0.25, 0.3) is 5.69 Å². The number of ether oxygens (including phenoxy) is 6. The lowest BCUT2D eigenvalue weighted by atomic mass is 9.98. The molecule has 1 aromatic carbocycles. The van der Waals surface area contributed by atoms with Crippen molar-refractivity contribution < 1.29 is 47.7 Å². The number of hydrogen-bond donors (Lipinski definition) is 0. The van der Waals surface area contributed by atoms with Gasteiger partial charge in [0.15, 0.2) is 12.2 Å². The van der Waals surface area contributed by atoms with Gasteiger partial charge in [0.2, 0.25) is 6.29 Å². The third-order valence-corrected chi connectivity index (χ3v) is 4.22. The molecular weight excluding hydrogens is 418 g/mol. The first kappa shape index (κ1) is 24.0. The minimum Gasteiger partial charge on any atom is -0.463 e. The molecule has 12 nitrogen and oxygen atoms in total. The Kier molecular flexibility index (Phi) is 8.28. The summed E-state index contributed by atoms with van der Waals surface area (Å²) < 4.78 is 32.6. The molecule has 0 spiro atoms. The summed E-state index contributed by atoms with van der Waals surface area (Å²) in [7, 11) is 1.31. The van der Waals surface area contributed by atoms with Crippen LogP contribution in [0.5, 0.6) is 5.75 Å². The van der Waals surface area contributed by atoms with Gasteiger partial charge >= 0.3 is 17.9 Å². The number of methoxy groups -OCH3 is 1. The highest BCUT2D eigenvalue weighted by Gasteiger charge is 2.51. The van der Waals surface area contributed by atoms with Crippen LogP contribution in [0.15, 0.2) is 24.3 Å². The normalized spacial score (nSPS) is 25.2. The fourth-order valence-electron chi connectivity index (χ4n) is 3.01. The molecule has 0 unspecified atom stereocenters. The van der Waals surface area contributed by atoms with Crippen molar-refractivity contribution in [3.8, 4) is 5.75 Å². The van der Waals surface area contributed by atoms with E-state index in [1.165, 1.54) is 52.1 Å². The average Bonchev–Trinajstić information content (AvgIpc) is 2.68. The van der Waals surface area contributed by atoms with E-state index < -0.39 is 53.5 Å². The molecule has 5 atom stereocenters. The summed E-state index contributed by atoms with van der Waals surface area (Å²) in [6, 6.07) is 5.14. The Morgan fingerprint density at radius 2 is 1.55 bits per heavy atom. The van der Waals surface area contributed by atoms with Crippen molar-refractivity contribution in [1.82, 2.24) is 0 Å². The molecule has 1 saturated heterocycles. The van der Waals surface area contributed by atoms with E-state index in [1.54, 1.807) is 0 Å². The Morgan fingerprint density at radius 1 is 0.968 bits per heavy atom.